The van der Waals surface area contributed by atoms with Crippen molar-refractivity contribution in [2.24, 2.45) is 0 Å². The third-order valence-electron chi connectivity index (χ3n) is 5.08. The van der Waals surface area contributed by atoms with Crippen LogP contribution in [0.1, 0.15) is 43.2 Å². The van der Waals surface area contributed by atoms with E-state index in [-0.39, 0.29) is 11.7 Å². The van der Waals surface area contributed by atoms with E-state index in [2.05, 4.69) is 11.8 Å². The quantitative estimate of drug-likeness (QED) is 0.744. The highest BCUT2D eigenvalue weighted by molar-refractivity contribution is 6.30. The number of hydrogen-bond donors (Lipinski definition) is 0. The van der Waals surface area contributed by atoms with Crippen LogP contribution in [-0.2, 0) is 4.79 Å². The minimum Gasteiger partial charge on any atom is -0.300 e. The summed E-state index contributed by atoms with van der Waals surface area (Å²) in [6.45, 7) is 3.82. The molecule has 0 bridgehead atoms. The van der Waals surface area contributed by atoms with E-state index in [0.717, 1.165) is 30.6 Å². The first-order valence-corrected chi connectivity index (χ1v) is 9.17. The van der Waals surface area contributed by atoms with Crippen LogP contribution in [0, 0.1) is 5.82 Å². The van der Waals surface area contributed by atoms with Gasteiger partial charge >= 0.3 is 0 Å². The second-order valence-corrected chi connectivity index (χ2v) is 7.25. The molecule has 1 saturated heterocycles. The normalized spacial score (nSPS) is 18.1. The summed E-state index contributed by atoms with van der Waals surface area (Å²) in [4.78, 5) is 13.8. The fourth-order valence-corrected chi connectivity index (χ4v) is 3.71. The number of hydrogen-bond acceptors (Lipinski definition) is 2. The van der Waals surface area contributed by atoms with Crippen LogP contribution in [0.25, 0.3) is 0 Å². The molecule has 0 N–H and O–H groups in total. The molecular weight excluding hydrogens is 337 g/mol. The van der Waals surface area contributed by atoms with Gasteiger partial charge in [-0.05, 0) is 48.7 Å². The summed E-state index contributed by atoms with van der Waals surface area (Å²) in [6, 6.07) is 15.0. The number of nitrogens with zero attached hydrogens (tertiary/aromatic N) is 1. The third-order valence-corrected chi connectivity index (χ3v) is 5.33. The van der Waals surface area contributed by atoms with Crippen LogP contribution in [0.2, 0.25) is 5.02 Å². The smallest absolute Gasteiger partial charge is 0.135 e. The average molecular weight is 360 g/mol. The van der Waals surface area contributed by atoms with Crippen LogP contribution < -0.4 is 0 Å². The molecule has 0 aromatic heterocycles. The van der Waals surface area contributed by atoms with Crippen molar-refractivity contribution in [1.29, 1.82) is 0 Å². The molecule has 0 aliphatic carbocycles. The van der Waals surface area contributed by atoms with Crippen molar-refractivity contribution < 1.29 is 9.18 Å². The number of rotatable bonds is 5. The minimum absolute atomic E-state index is 0.0978. The molecule has 0 amide bonds. The lowest BCUT2D eigenvalue weighted by molar-refractivity contribution is -0.121. The van der Waals surface area contributed by atoms with Gasteiger partial charge in [-0.3, -0.25) is 9.69 Å². The summed E-state index contributed by atoms with van der Waals surface area (Å²) in [5.41, 5.74) is 2.11. The zero-order valence-corrected chi connectivity index (χ0v) is 15.2. The van der Waals surface area contributed by atoms with Gasteiger partial charge in [0.1, 0.15) is 11.6 Å². The summed E-state index contributed by atoms with van der Waals surface area (Å²) in [5, 5.41) is 0.698. The molecule has 0 spiro atoms. The van der Waals surface area contributed by atoms with Crippen LogP contribution in [0.3, 0.4) is 0 Å². The highest BCUT2D eigenvalue weighted by Crippen LogP contribution is 2.32. The molecule has 2 unspecified atom stereocenters. The second-order valence-electron chi connectivity index (χ2n) is 6.82. The maximum atomic E-state index is 13.8. The predicted molar refractivity (Wildman–Crippen MR) is 99.6 cm³/mol. The highest BCUT2D eigenvalue weighted by atomic mass is 35.5. The molecule has 0 saturated carbocycles. The Bertz CT molecular complexity index is 721. The van der Waals surface area contributed by atoms with Crippen molar-refractivity contribution in [1.82, 2.24) is 4.90 Å². The highest BCUT2D eigenvalue weighted by Gasteiger charge is 2.25. The number of likely N-dealkylation sites (tertiary alicyclic amines) is 1. The van der Waals surface area contributed by atoms with Gasteiger partial charge in [0.15, 0.2) is 0 Å². The maximum absolute atomic E-state index is 13.8. The number of benzene rings is 2. The van der Waals surface area contributed by atoms with Gasteiger partial charge in [0.2, 0.25) is 0 Å². The standard InChI is InChI=1S/C21H23ClFNO/c1-15(24-11-9-20(25)10-12-24)13-21(16-5-7-18(22)8-6-16)17-3-2-4-19(23)14-17/h2-8,14-15,21H,9-13H2,1H3. The van der Waals surface area contributed by atoms with E-state index >= 15 is 0 Å². The lowest BCUT2D eigenvalue weighted by Gasteiger charge is -2.34. The third kappa shape index (κ3) is 4.68. The molecule has 132 valence electrons. The molecule has 3 rings (SSSR count). The van der Waals surface area contributed by atoms with Gasteiger partial charge in [-0.2, -0.15) is 0 Å². The monoisotopic (exact) mass is 359 g/mol. The SMILES string of the molecule is CC(CC(c1ccc(Cl)cc1)c1cccc(F)c1)N1CCC(=O)CC1. The van der Waals surface area contributed by atoms with E-state index in [4.69, 9.17) is 11.6 Å². The Morgan fingerprint density at radius 1 is 1.08 bits per heavy atom. The first-order chi connectivity index (χ1) is 12.0. The van der Waals surface area contributed by atoms with E-state index in [9.17, 15) is 9.18 Å². The van der Waals surface area contributed by atoms with Gasteiger partial charge in [0.05, 0.1) is 0 Å². The Morgan fingerprint density at radius 3 is 2.40 bits per heavy atom. The molecule has 25 heavy (non-hydrogen) atoms. The van der Waals surface area contributed by atoms with E-state index in [0.29, 0.717) is 29.7 Å². The van der Waals surface area contributed by atoms with Gasteiger partial charge in [-0.1, -0.05) is 35.9 Å². The summed E-state index contributed by atoms with van der Waals surface area (Å²) >= 11 is 6.03. The molecule has 4 heteroatoms. The van der Waals surface area contributed by atoms with Crippen LogP contribution >= 0.6 is 11.6 Å². The van der Waals surface area contributed by atoms with E-state index in [1.165, 1.54) is 6.07 Å². The van der Waals surface area contributed by atoms with E-state index in [1.807, 2.05) is 30.3 Å². The van der Waals surface area contributed by atoms with Crippen molar-refractivity contribution >= 4 is 17.4 Å². The van der Waals surface area contributed by atoms with E-state index in [1.54, 1.807) is 12.1 Å². The first kappa shape index (κ1) is 18.1. The number of Topliss-reactive ketones (excluding diaryl/α,β-unsaturated/α-hetero) is 1. The number of ketones is 1. The van der Waals surface area contributed by atoms with Gasteiger partial charge in [-0.15, -0.1) is 0 Å². The zero-order chi connectivity index (χ0) is 17.8. The minimum atomic E-state index is -0.215. The Hall–Kier alpha value is -1.71. The van der Waals surface area contributed by atoms with Gasteiger partial charge in [0, 0.05) is 42.9 Å². The van der Waals surface area contributed by atoms with Crippen LogP contribution in [0.15, 0.2) is 48.5 Å². The fourth-order valence-electron chi connectivity index (χ4n) is 3.59. The molecule has 1 fully saturated rings. The van der Waals surface area contributed by atoms with Crippen molar-refractivity contribution in [2.45, 2.75) is 38.1 Å². The first-order valence-electron chi connectivity index (χ1n) is 8.79. The molecule has 0 radical (unpaired) electrons. The molecule has 2 atom stereocenters. The summed E-state index contributed by atoms with van der Waals surface area (Å²) in [5.74, 6) is 0.233. The number of carbonyl (C=O) groups is 1. The largest absolute Gasteiger partial charge is 0.300 e. The Balaban J connectivity index is 1.83. The number of carbonyl (C=O) groups excluding carboxylic acids is 1. The van der Waals surface area contributed by atoms with Crippen LogP contribution in [-0.4, -0.2) is 29.8 Å². The Morgan fingerprint density at radius 2 is 1.76 bits per heavy atom. The lowest BCUT2D eigenvalue weighted by Crippen LogP contribution is -2.40. The molecular formula is C21H23ClFNO. The maximum Gasteiger partial charge on any atom is 0.135 e. The molecule has 2 aromatic carbocycles. The molecule has 1 heterocycles. The van der Waals surface area contributed by atoms with E-state index < -0.39 is 0 Å². The van der Waals surface area contributed by atoms with Crippen molar-refractivity contribution in [2.75, 3.05) is 13.1 Å². The van der Waals surface area contributed by atoms with Gasteiger partial charge in [0.25, 0.3) is 0 Å². The van der Waals surface area contributed by atoms with Gasteiger partial charge in [-0.25, -0.2) is 4.39 Å². The molecule has 2 nitrogen and oxygen atoms in total. The van der Waals surface area contributed by atoms with Crippen molar-refractivity contribution in [3.63, 3.8) is 0 Å². The summed E-state index contributed by atoms with van der Waals surface area (Å²) < 4.78 is 13.8. The number of piperidine rings is 1. The molecule has 1 aliphatic heterocycles. The zero-order valence-electron chi connectivity index (χ0n) is 14.4. The molecule has 2 aromatic rings. The molecule has 1 aliphatic rings. The predicted octanol–water partition coefficient (Wildman–Crippen LogP) is 5.05. The summed E-state index contributed by atoms with van der Waals surface area (Å²) in [7, 11) is 0. The Labute approximate surface area is 153 Å². The summed E-state index contributed by atoms with van der Waals surface area (Å²) in [6.07, 6.45) is 2.14. The van der Waals surface area contributed by atoms with Crippen molar-refractivity contribution in [3.05, 3.63) is 70.5 Å². The topological polar surface area (TPSA) is 20.3 Å². The lowest BCUT2D eigenvalue weighted by atomic mass is 9.85. The average Bonchev–Trinajstić information content (AvgIpc) is 2.61. The van der Waals surface area contributed by atoms with Gasteiger partial charge < -0.3 is 0 Å². The second kappa shape index (κ2) is 8.11. The Kier molecular flexibility index (Phi) is 5.87. The fraction of sp³-hybridized carbons (Fsp3) is 0.381. The van der Waals surface area contributed by atoms with Crippen LogP contribution in [0.5, 0.6) is 0 Å². The number of halogens is 2. The van der Waals surface area contributed by atoms with Crippen molar-refractivity contribution in [3.8, 4) is 0 Å². The van der Waals surface area contributed by atoms with Crippen LogP contribution in [0.4, 0.5) is 4.39 Å².